The van der Waals surface area contributed by atoms with Crippen molar-refractivity contribution in [1.82, 2.24) is 19.4 Å². The molecule has 3 heterocycles. The molecule has 9 heteroatoms. The summed E-state index contributed by atoms with van der Waals surface area (Å²) in [6.07, 6.45) is 4.88. The van der Waals surface area contributed by atoms with Crippen LogP contribution in [0.4, 0.5) is 4.39 Å². The normalized spacial score (nSPS) is 14.3. The zero-order valence-electron chi connectivity index (χ0n) is 15.7. The van der Waals surface area contributed by atoms with Gasteiger partial charge in [-0.05, 0) is 42.7 Å². The lowest BCUT2D eigenvalue weighted by atomic mass is 10.2. The summed E-state index contributed by atoms with van der Waals surface area (Å²) >= 11 is 1.41. The van der Waals surface area contributed by atoms with Gasteiger partial charge in [0.25, 0.3) is 11.8 Å². The molecule has 4 rings (SSSR count). The monoisotopic (exact) mass is 414 g/mol. The molecule has 1 aliphatic rings. The van der Waals surface area contributed by atoms with E-state index in [-0.39, 0.29) is 17.6 Å². The first-order chi connectivity index (χ1) is 14.1. The summed E-state index contributed by atoms with van der Waals surface area (Å²) in [5.74, 6) is -0.399. The molecule has 3 aromatic rings. The van der Waals surface area contributed by atoms with Crippen LogP contribution in [0, 0.1) is 5.82 Å². The minimum atomic E-state index is -0.343. The molecule has 150 valence electrons. The summed E-state index contributed by atoms with van der Waals surface area (Å²) in [4.78, 5) is 33.3. The van der Waals surface area contributed by atoms with E-state index in [0.717, 1.165) is 0 Å². The van der Waals surface area contributed by atoms with E-state index in [2.05, 4.69) is 4.98 Å². The van der Waals surface area contributed by atoms with E-state index in [1.807, 2.05) is 6.26 Å². The first-order valence-electron chi connectivity index (χ1n) is 9.08. The summed E-state index contributed by atoms with van der Waals surface area (Å²) < 4.78 is 20.2. The number of furan rings is 1. The third-order valence-corrected chi connectivity index (χ3v) is 5.46. The minimum absolute atomic E-state index is 0.174. The van der Waals surface area contributed by atoms with Crippen molar-refractivity contribution in [3.05, 3.63) is 66.1 Å². The lowest BCUT2D eigenvalue weighted by Crippen LogP contribution is -2.50. The molecular formula is C20H19FN4O3S. The maximum atomic E-state index is 13.3. The van der Waals surface area contributed by atoms with Gasteiger partial charge in [-0.15, -0.1) is 0 Å². The molecule has 0 atom stereocenters. The first-order valence-corrected chi connectivity index (χ1v) is 10.3. The molecule has 2 amide bonds. The number of benzene rings is 1. The van der Waals surface area contributed by atoms with E-state index in [1.165, 1.54) is 36.4 Å². The van der Waals surface area contributed by atoms with Crippen LogP contribution in [0.3, 0.4) is 0 Å². The standard InChI is InChI=1S/C20H19FN4O3S/c1-29-20-22-13-16(25(20)15-6-4-14(21)5-7-15)18(26)23-8-10-24(11-9-23)19(27)17-3-2-12-28-17/h2-7,12-13H,8-11H2,1H3. The fourth-order valence-corrected chi connectivity index (χ4v) is 3.84. The maximum absolute atomic E-state index is 13.3. The quantitative estimate of drug-likeness (QED) is 0.614. The summed E-state index contributed by atoms with van der Waals surface area (Å²) in [7, 11) is 0. The fraction of sp³-hybridized carbons (Fsp3) is 0.250. The SMILES string of the molecule is CSc1ncc(C(=O)N2CCN(C(=O)c3ccco3)CC2)n1-c1ccc(F)cc1. The lowest BCUT2D eigenvalue weighted by molar-refractivity contribution is 0.0514. The van der Waals surface area contributed by atoms with Crippen molar-refractivity contribution in [2.75, 3.05) is 32.4 Å². The number of halogens is 1. The van der Waals surface area contributed by atoms with Gasteiger partial charge in [-0.25, -0.2) is 9.37 Å². The smallest absolute Gasteiger partial charge is 0.289 e. The highest BCUT2D eigenvalue weighted by atomic mass is 32.2. The van der Waals surface area contributed by atoms with Crippen LogP contribution in [0.15, 0.2) is 58.4 Å². The third-order valence-electron chi connectivity index (χ3n) is 4.80. The van der Waals surface area contributed by atoms with Crippen LogP contribution >= 0.6 is 11.8 Å². The van der Waals surface area contributed by atoms with Crippen molar-refractivity contribution in [3.8, 4) is 5.69 Å². The molecule has 0 unspecified atom stereocenters. The lowest BCUT2D eigenvalue weighted by Gasteiger charge is -2.34. The number of hydrogen-bond donors (Lipinski definition) is 0. The van der Waals surface area contributed by atoms with Gasteiger partial charge in [0.2, 0.25) is 0 Å². The van der Waals surface area contributed by atoms with Crippen molar-refractivity contribution < 1.29 is 18.4 Å². The van der Waals surface area contributed by atoms with Crippen molar-refractivity contribution in [2.24, 2.45) is 0 Å². The molecular weight excluding hydrogens is 395 g/mol. The number of carbonyl (C=O) groups excluding carboxylic acids is 2. The number of rotatable bonds is 4. The molecule has 0 saturated carbocycles. The van der Waals surface area contributed by atoms with E-state index in [4.69, 9.17) is 4.42 Å². The second-order valence-corrected chi connectivity index (χ2v) is 7.28. The summed E-state index contributed by atoms with van der Waals surface area (Å²) in [6.45, 7) is 1.67. The second kappa shape index (κ2) is 8.12. The Balaban J connectivity index is 1.51. The molecule has 1 aliphatic heterocycles. The van der Waals surface area contributed by atoms with Crippen molar-refractivity contribution >= 4 is 23.6 Å². The number of thioether (sulfide) groups is 1. The highest BCUT2D eigenvalue weighted by molar-refractivity contribution is 7.98. The van der Waals surface area contributed by atoms with Crippen LogP contribution in [-0.4, -0.2) is 63.6 Å². The number of piperazine rings is 1. The Morgan fingerprint density at radius 2 is 1.69 bits per heavy atom. The van der Waals surface area contributed by atoms with Crippen LogP contribution < -0.4 is 0 Å². The Labute approximate surface area is 171 Å². The van der Waals surface area contributed by atoms with E-state index < -0.39 is 0 Å². The van der Waals surface area contributed by atoms with Gasteiger partial charge < -0.3 is 14.2 Å². The largest absolute Gasteiger partial charge is 0.459 e. The van der Waals surface area contributed by atoms with E-state index in [9.17, 15) is 14.0 Å². The van der Waals surface area contributed by atoms with Gasteiger partial charge in [0.05, 0.1) is 12.5 Å². The number of nitrogens with zero attached hydrogens (tertiary/aromatic N) is 4. The van der Waals surface area contributed by atoms with Crippen LogP contribution in [-0.2, 0) is 0 Å². The number of hydrogen-bond acceptors (Lipinski definition) is 5. The van der Waals surface area contributed by atoms with Crippen LogP contribution in [0.2, 0.25) is 0 Å². The Kier molecular flexibility index (Phi) is 5.39. The van der Waals surface area contributed by atoms with E-state index in [1.54, 1.807) is 38.6 Å². The number of imidazole rings is 1. The number of aromatic nitrogens is 2. The third kappa shape index (κ3) is 3.77. The molecule has 0 aliphatic carbocycles. The van der Waals surface area contributed by atoms with Gasteiger partial charge in [0.1, 0.15) is 11.5 Å². The van der Waals surface area contributed by atoms with Gasteiger partial charge in [-0.1, -0.05) is 11.8 Å². The maximum Gasteiger partial charge on any atom is 0.289 e. The Morgan fingerprint density at radius 3 is 2.28 bits per heavy atom. The molecule has 0 bridgehead atoms. The van der Waals surface area contributed by atoms with Gasteiger partial charge in [0, 0.05) is 31.9 Å². The molecule has 29 heavy (non-hydrogen) atoms. The van der Waals surface area contributed by atoms with Crippen molar-refractivity contribution in [2.45, 2.75) is 5.16 Å². The first kappa shape index (κ1) is 19.3. The molecule has 7 nitrogen and oxygen atoms in total. The predicted octanol–water partition coefficient (Wildman–Crippen LogP) is 2.92. The van der Waals surface area contributed by atoms with Crippen LogP contribution in [0.5, 0.6) is 0 Å². The Hall–Kier alpha value is -3.07. The number of carbonyl (C=O) groups is 2. The zero-order valence-corrected chi connectivity index (χ0v) is 16.6. The predicted molar refractivity (Wildman–Crippen MR) is 106 cm³/mol. The van der Waals surface area contributed by atoms with Crippen LogP contribution in [0.1, 0.15) is 21.0 Å². The topological polar surface area (TPSA) is 71.6 Å². The zero-order chi connectivity index (χ0) is 20.4. The summed E-state index contributed by atoms with van der Waals surface area (Å²) in [6, 6.07) is 9.25. The summed E-state index contributed by atoms with van der Waals surface area (Å²) in [5.41, 5.74) is 1.08. The molecule has 0 spiro atoms. The van der Waals surface area contributed by atoms with Gasteiger partial charge in [-0.3, -0.25) is 14.2 Å². The van der Waals surface area contributed by atoms with E-state index in [0.29, 0.717) is 48.5 Å². The van der Waals surface area contributed by atoms with Crippen LogP contribution in [0.25, 0.3) is 5.69 Å². The molecule has 1 aromatic carbocycles. The molecule has 0 radical (unpaired) electrons. The number of amides is 2. The molecule has 1 saturated heterocycles. The summed E-state index contributed by atoms with van der Waals surface area (Å²) in [5, 5.41) is 0.645. The van der Waals surface area contributed by atoms with Crippen molar-refractivity contribution in [1.29, 1.82) is 0 Å². The van der Waals surface area contributed by atoms with Gasteiger partial charge in [0.15, 0.2) is 10.9 Å². The second-order valence-electron chi connectivity index (χ2n) is 6.50. The van der Waals surface area contributed by atoms with Gasteiger partial charge >= 0.3 is 0 Å². The molecule has 2 aromatic heterocycles. The molecule has 0 N–H and O–H groups in total. The highest BCUT2D eigenvalue weighted by Crippen LogP contribution is 2.23. The van der Waals surface area contributed by atoms with Gasteiger partial charge in [-0.2, -0.15) is 0 Å². The fourth-order valence-electron chi connectivity index (χ4n) is 3.30. The van der Waals surface area contributed by atoms with E-state index >= 15 is 0 Å². The van der Waals surface area contributed by atoms with Crippen molar-refractivity contribution in [3.63, 3.8) is 0 Å². The molecule has 1 fully saturated rings. The Bertz CT molecular complexity index is 1010. The Morgan fingerprint density at radius 1 is 1.03 bits per heavy atom. The average molecular weight is 414 g/mol. The average Bonchev–Trinajstić information content (AvgIpc) is 3.43. The minimum Gasteiger partial charge on any atom is -0.459 e. The highest BCUT2D eigenvalue weighted by Gasteiger charge is 2.29.